The molecule has 0 aromatic rings. The van der Waals surface area contributed by atoms with E-state index in [-0.39, 0.29) is 6.29 Å². The Hall–Kier alpha value is -0.0800. The van der Waals surface area contributed by atoms with Gasteiger partial charge in [-0.3, -0.25) is 0 Å². The van der Waals surface area contributed by atoms with Crippen molar-refractivity contribution in [1.29, 1.82) is 0 Å². The van der Waals surface area contributed by atoms with Crippen LogP contribution in [-0.4, -0.2) is 19.5 Å². The highest BCUT2D eigenvalue weighted by Crippen LogP contribution is 2.46. The zero-order chi connectivity index (χ0) is 10.2. The van der Waals surface area contributed by atoms with Gasteiger partial charge in [0.05, 0.1) is 13.2 Å². The third-order valence-electron chi connectivity index (χ3n) is 3.54. The van der Waals surface area contributed by atoms with Crippen molar-refractivity contribution < 1.29 is 9.47 Å². The van der Waals surface area contributed by atoms with Crippen molar-refractivity contribution >= 4 is 0 Å². The predicted octanol–water partition coefficient (Wildman–Crippen LogP) is 2.97. The molecule has 2 fully saturated rings. The minimum absolute atomic E-state index is 0.0233. The minimum atomic E-state index is -0.0233. The van der Waals surface area contributed by atoms with E-state index in [9.17, 15) is 0 Å². The molecule has 2 aliphatic carbocycles. The van der Waals surface area contributed by atoms with Gasteiger partial charge in [0.25, 0.3) is 0 Å². The van der Waals surface area contributed by atoms with Gasteiger partial charge in [0, 0.05) is 0 Å². The summed E-state index contributed by atoms with van der Waals surface area (Å²) in [4.78, 5) is 0. The Morgan fingerprint density at radius 2 is 1.29 bits per heavy atom. The first-order valence-electron chi connectivity index (χ1n) is 5.75. The smallest absolute Gasteiger partial charge is 0.154 e. The molecule has 2 saturated carbocycles. The molecule has 0 heterocycles. The Morgan fingerprint density at radius 1 is 0.929 bits per heavy atom. The molecule has 82 valence electrons. The van der Waals surface area contributed by atoms with Crippen LogP contribution in [0.4, 0.5) is 0 Å². The van der Waals surface area contributed by atoms with E-state index < -0.39 is 0 Å². The van der Waals surface area contributed by atoms with Crippen LogP contribution in [-0.2, 0) is 9.47 Å². The first-order chi connectivity index (χ1) is 6.52. The molecule has 0 bridgehead atoms. The molecule has 2 aliphatic rings. The number of hydrogen-bond acceptors (Lipinski definition) is 2. The fraction of sp³-hybridized carbons (Fsp3) is 1.00. The summed E-state index contributed by atoms with van der Waals surface area (Å²) in [6.07, 6.45) is 5.24. The Morgan fingerprint density at radius 3 is 1.57 bits per heavy atom. The van der Waals surface area contributed by atoms with Crippen molar-refractivity contribution in [2.75, 3.05) is 13.2 Å². The van der Waals surface area contributed by atoms with Crippen molar-refractivity contribution in [2.24, 2.45) is 10.8 Å². The Labute approximate surface area is 87.0 Å². The minimum Gasteiger partial charge on any atom is -0.352 e. The molecular weight excluding hydrogens is 176 g/mol. The van der Waals surface area contributed by atoms with Crippen LogP contribution >= 0.6 is 0 Å². The van der Waals surface area contributed by atoms with Crippen molar-refractivity contribution in [2.45, 2.75) is 52.7 Å². The van der Waals surface area contributed by atoms with Gasteiger partial charge in [-0.2, -0.15) is 0 Å². The quantitative estimate of drug-likeness (QED) is 0.611. The fourth-order valence-corrected chi connectivity index (χ4v) is 1.40. The lowest BCUT2D eigenvalue weighted by atomic mass is 10.2. The molecule has 2 rings (SSSR count). The summed E-state index contributed by atoms with van der Waals surface area (Å²) in [6.45, 7) is 8.30. The maximum Gasteiger partial charge on any atom is 0.154 e. The molecule has 2 heteroatoms. The largest absolute Gasteiger partial charge is 0.352 e. The van der Waals surface area contributed by atoms with Gasteiger partial charge in [0.1, 0.15) is 0 Å². The SMILES string of the molecule is CC(OCC1(C)CC1)OCC1(C)CC1. The lowest BCUT2D eigenvalue weighted by Crippen LogP contribution is -2.20. The zero-order valence-corrected chi connectivity index (χ0v) is 9.64. The van der Waals surface area contributed by atoms with Crippen molar-refractivity contribution in [3.63, 3.8) is 0 Å². The standard InChI is InChI=1S/C12H22O2/c1-10(13-8-11(2)4-5-11)14-9-12(3)6-7-12/h10H,4-9H2,1-3H3. The summed E-state index contributed by atoms with van der Waals surface area (Å²) < 4.78 is 11.3. The molecule has 0 saturated heterocycles. The second-order valence-corrected chi connectivity index (χ2v) is 5.81. The second-order valence-electron chi connectivity index (χ2n) is 5.81. The molecule has 0 atom stereocenters. The number of rotatable bonds is 6. The number of ether oxygens (including phenoxy) is 2. The molecule has 0 aromatic carbocycles. The summed E-state index contributed by atoms with van der Waals surface area (Å²) in [6, 6.07) is 0. The predicted molar refractivity (Wildman–Crippen MR) is 56.0 cm³/mol. The van der Waals surface area contributed by atoms with Gasteiger partial charge >= 0.3 is 0 Å². The molecule has 0 spiro atoms. The topological polar surface area (TPSA) is 18.5 Å². The van der Waals surface area contributed by atoms with E-state index >= 15 is 0 Å². The van der Waals surface area contributed by atoms with E-state index in [1.807, 2.05) is 6.92 Å². The summed E-state index contributed by atoms with van der Waals surface area (Å²) in [7, 11) is 0. The average Bonchev–Trinajstić information content (AvgIpc) is 3.02. The molecule has 0 aliphatic heterocycles. The molecule has 2 nitrogen and oxygen atoms in total. The molecule has 14 heavy (non-hydrogen) atoms. The highest BCUT2D eigenvalue weighted by atomic mass is 16.7. The van der Waals surface area contributed by atoms with Gasteiger partial charge in [0.2, 0.25) is 0 Å². The van der Waals surface area contributed by atoms with Crippen LogP contribution in [0.3, 0.4) is 0 Å². The molecule has 0 N–H and O–H groups in total. The van der Waals surface area contributed by atoms with Crippen LogP contribution in [0.15, 0.2) is 0 Å². The highest BCUT2D eigenvalue weighted by Gasteiger charge is 2.39. The van der Waals surface area contributed by atoms with E-state index in [1.165, 1.54) is 25.7 Å². The number of hydrogen-bond donors (Lipinski definition) is 0. The van der Waals surface area contributed by atoms with E-state index in [1.54, 1.807) is 0 Å². The van der Waals surface area contributed by atoms with E-state index in [0.717, 1.165) is 13.2 Å². The monoisotopic (exact) mass is 198 g/mol. The zero-order valence-electron chi connectivity index (χ0n) is 9.64. The second kappa shape index (κ2) is 3.49. The molecule has 0 aromatic heterocycles. The lowest BCUT2D eigenvalue weighted by molar-refractivity contribution is -0.148. The van der Waals surface area contributed by atoms with E-state index in [4.69, 9.17) is 9.47 Å². The molecule has 0 unspecified atom stereocenters. The summed E-state index contributed by atoms with van der Waals surface area (Å²) in [5, 5.41) is 0. The summed E-state index contributed by atoms with van der Waals surface area (Å²) >= 11 is 0. The van der Waals surface area contributed by atoms with E-state index in [2.05, 4.69) is 13.8 Å². The summed E-state index contributed by atoms with van der Waals surface area (Å²) in [5.74, 6) is 0. The van der Waals surface area contributed by atoms with Crippen LogP contribution in [0.1, 0.15) is 46.5 Å². The Balaban J connectivity index is 1.56. The normalized spacial score (nSPS) is 26.6. The van der Waals surface area contributed by atoms with Gasteiger partial charge in [0.15, 0.2) is 6.29 Å². The third kappa shape index (κ3) is 2.96. The Bertz CT molecular complexity index is 182. The van der Waals surface area contributed by atoms with Crippen LogP contribution in [0, 0.1) is 10.8 Å². The van der Waals surface area contributed by atoms with Gasteiger partial charge in [-0.15, -0.1) is 0 Å². The van der Waals surface area contributed by atoms with Crippen LogP contribution in [0.25, 0.3) is 0 Å². The van der Waals surface area contributed by atoms with E-state index in [0.29, 0.717) is 10.8 Å². The fourth-order valence-electron chi connectivity index (χ4n) is 1.40. The van der Waals surface area contributed by atoms with Crippen LogP contribution < -0.4 is 0 Å². The maximum atomic E-state index is 5.67. The van der Waals surface area contributed by atoms with Crippen molar-refractivity contribution in [1.82, 2.24) is 0 Å². The first kappa shape index (κ1) is 10.4. The molecule has 0 amide bonds. The van der Waals surface area contributed by atoms with Crippen LogP contribution in [0.2, 0.25) is 0 Å². The van der Waals surface area contributed by atoms with Gasteiger partial charge in [-0.05, 0) is 43.4 Å². The van der Waals surface area contributed by atoms with Gasteiger partial charge < -0.3 is 9.47 Å². The first-order valence-corrected chi connectivity index (χ1v) is 5.75. The molecular formula is C12H22O2. The lowest BCUT2D eigenvalue weighted by Gasteiger charge is -2.18. The van der Waals surface area contributed by atoms with Crippen molar-refractivity contribution in [3.8, 4) is 0 Å². The molecule has 0 radical (unpaired) electrons. The van der Waals surface area contributed by atoms with Gasteiger partial charge in [-0.25, -0.2) is 0 Å². The van der Waals surface area contributed by atoms with Crippen molar-refractivity contribution in [3.05, 3.63) is 0 Å². The Kier molecular flexibility index (Phi) is 2.61. The summed E-state index contributed by atoms with van der Waals surface area (Å²) in [5.41, 5.74) is 0.947. The maximum absolute atomic E-state index is 5.67. The van der Waals surface area contributed by atoms with Crippen LogP contribution in [0.5, 0.6) is 0 Å². The average molecular weight is 198 g/mol. The highest BCUT2D eigenvalue weighted by molar-refractivity contribution is 4.89. The third-order valence-corrected chi connectivity index (χ3v) is 3.54. The van der Waals surface area contributed by atoms with Gasteiger partial charge in [-0.1, -0.05) is 13.8 Å².